The third kappa shape index (κ3) is 4.00. The summed E-state index contributed by atoms with van der Waals surface area (Å²) < 4.78 is 41.1. The van der Waals surface area contributed by atoms with Crippen molar-refractivity contribution in [1.29, 1.82) is 5.26 Å². The summed E-state index contributed by atoms with van der Waals surface area (Å²) in [5, 5.41) is 11.6. The Morgan fingerprint density at radius 2 is 2.07 bits per heavy atom. The van der Waals surface area contributed by atoms with Crippen molar-refractivity contribution < 1.29 is 18.0 Å². The van der Waals surface area contributed by atoms with Gasteiger partial charge in [-0.1, -0.05) is 0 Å². The van der Waals surface area contributed by atoms with Gasteiger partial charge in [0, 0.05) is 23.9 Å². The summed E-state index contributed by atoms with van der Waals surface area (Å²) in [5.41, 5.74) is -1.22. The minimum absolute atomic E-state index is 0.0799. The zero-order valence-corrected chi connectivity index (χ0v) is 16.2. The molecule has 10 heteroatoms. The molecular formula is C19H15F3N4O2S. The zero-order valence-electron chi connectivity index (χ0n) is 15.4. The number of aryl methyl sites for hydroxylation is 1. The van der Waals surface area contributed by atoms with E-state index in [9.17, 15) is 22.8 Å². The molecule has 0 saturated heterocycles. The van der Waals surface area contributed by atoms with E-state index in [1.54, 1.807) is 13.8 Å². The number of carbonyl (C=O) groups is 1. The fourth-order valence-electron chi connectivity index (χ4n) is 3.00. The van der Waals surface area contributed by atoms with Crippen LogP contribution in [0.5, 0.6) is 0 Å². The lowest BCUT2D eigenvalue weighted by Crippen LogP contribution is -2.28. The molecular weight excluding hydrogens is 405 g/mol. The number of fused-ring (bicyclic) bond motifs is 1. The maximum atomic E-state index is 13.3. The highest BCUT2D eigenvalue weighted by Crippen LogP contribution is 2.33. The van der Waals surface area contributed by atoms with E-state index in [1.165, 1.54) is 0 Å². The average molecular weight is 420 g/mol. The highest BCUT2D eigenvalue weighted by Gasteiger charge is 2.33. The summed E-state index contributed by atoms with van der Waals surface area (Å²) in [4.78, 5) is 29.9. The molecule has 2 aromatic heterocycles. The predicted molar refractivity (Wildman–Crippen MR) is 101 cm³/mol. The Labute approximate surface area is 167 Å². The fourth-order valence-corrected chi connectivity index (χ4v) is 3.99. The highest BCUT2D eigenvalue weighted by molar-refractivity contribution is 7.17. The first-order chi connectivity index (χ1) is 13.7. The number of rotatable bonds is 4. The summed E-state index contributed by atoms with van der Waals surface area (Å²) in [7, 11) is 0. The van der Waals surface area contributed by atoms with E-state index in [0.29, 0.717) is 11.4 Å². The van der Waals surface area contributed by atoms with Crippen LogP contribution < -0.4 is 10.9 Å². The number of thiazole rings is 1. The topological polar surface area (TPSA) is 87.3 Å². The van der Waals surface area contributed by atoms with Crippen molar-refractivity contribution in [2.45, 2.75) is 26.4 Å². The molecule has 0 bridgehead atoms. The molecule has 0 saturated carbocycles. The quantitative estimate of drug-likeness (QED) is 0.702. The number of hydrogen-bond donors (Lipinski definition) is 1. The van der Waals surface area contributed by atoms with Crippen molar-refractivity contribution in [3.8, 4) is 6.07 Å². The Morgan fingerprint density at radius 1 is 1.34 bits per heavy atom. The predicted octanol–water partition coefficient (Wildman–Crippen LogP) is 3.30. The van der Waals surface area contributed by atoms with E-state index < -0.39 is 23.2 Å². The number of hydrogen-bond acceptors (Lipinski definition) is 5. The number of nitrogens with one attached hydrogen (secondary N) is 1. The van der Waals surface area contributed by atoms with Gasteiger partial charge in [-0.05, 0) is 37.6 Å². The number of nitrogens with zero attached hydrogens (tertiary/aromatic N) is 3. The van der Waals surface area contributed by atoms with Gasteiger partial charge >= 0.3 is 6.18 Å². The van der Waals surface area contributed by atoms with Crippen LogP contribution in [0.2, 0.25) is 0 Å². The van der Waals surface area contributed by atoms with Crippen LogP contribution >= 0.6 is 11.3 Å². The van der Waals surface area contributed by atoms with Crippen LogP contribution in [0.3, 0.4) is 0 Å². The van der Waals surface area contributed by atoms with E-state index in [1.807, 2.05) is 6.07 Å². The van der Waals surface area contributed by atoms with Crippen molar-refractivity contribution in [3.05, 3.63) is 67.6 Å². The van der Waals surface area contributed by atoms with E-state index in [-0.39, 0.29) is 33.9 Å². The van der Waals surface area contributed by atoms with Gasteiger partial charge in [0.15, 0.2) is 4.96 Å². The van der Waals surface area contributed by atoms with Gasteiger partial charge in [0.2, 0.25) is 0 Å². The molecule has 3 rings (SSSR count). The lowest BCUT2D eigenvalue weighted by atomic mass is 9.99. The smallest absolute Gasteiger partial charge is 0.351 e. The SMILES string of the molecule is CCNC(=O)c1c(C)sc2nc(Cc3cc(C#N)ccc3C(F)(F)F)cc(=O)n12. The van der Waals surface area contributed by atoms with E-state index >= 15 is 0 Å². The zero-order chi connectivity index (χ0) is 21.3. The largest absolute Gasteiger partial charge is 0.416 e. The average Bonchev–Trinajstić information content (AvgIpc) is 2.97. The Bertz CT molecular complexity index is 1210. The normalized spacial score (nSPS) is 11.4. The van der Waals surface area contributed by atoms with Gasteiger partial charge in [-0.2, -0.15) is 18.4 Å². The molecule has 2 heterocycles. The second-order valence-electron chi connectivity index (χ2n) is 6.23. The Balaban J connectivity index is 2.11. The first-order valence-electron chi connectivity index (χ1n) is 8.56. The Morgan fingerprint density at radius 3 is 2.69 bits per heavy atom. The maximum absolute atomic E-state index is 13.3. The summed E-state index contributed by atoms with van der Waals surface area (Å²) in [5.74, 6) is -0.422. The number of carbonyl (C=O) groups excluding carboxylic acids is 1. The lowest BCUT2D eigenvalue weighted by molar-refractivity contribution is -0.138. The van der Waals surface area contributed by atoms with E-state index in [0.717, 1.165) is 40.0 Å². The van der Waals surface area contributed by atoms with Crippen molar-refractivity contribution >= 4 is 22.2 Å². The Kier molecular flexibility index (Phi) is 5.44. The maximum Gasteiger partial charge on any atom is 0.416 e. The van der Waals surface area contributed by atoms with Gasteiger partial charge in [0.05, 0.1) is 22.9 Å². The Hall–Kier alpha value is -3.19. The molecule has 6 nitrogen and oxygen atoms in total. The van der Waals surface area contributed by atoms with Crippen molar-refractivity contribution in [2.24, 2.45) is 0 Å². The van der Waals surface area contributed by atoms with Crippen molar-refractivity contribution in [3.63, 3.8) is 0 Å². The number of halogens is 3. The van der Waals surface area contributed by atoms with Crippen LogP contribution in [0.25, 0.3) is 4.96 Å². The number of benzene rings is 1. The molecule has 0 aliphatic heterocycles. The van der Waals surface area contributed by atoms with Crippen molar-refractivity contribution in [1.82, 2.24) is 14.7 Å². The molecule has 0 radical (unpaired) electrons. The number of nitriles is 1. The monoisotopic (exact) mass is 420 g/mol. The molecule has 0 unspecified atom stereocenters. The van der Waals surface area contributed by atoms with Crippen molar-refractivity contribution in [2.75, 3.05) is 6.54 Å². The lowest BCUT2D eigenvalue weighted by Gasteiger charge is -2.13. The first-order valence-corrected chi connectivity index (χ1v) is 9.37. The molecule has 1 aromatic carbocycles. The standard InChI is InChI=1S/C19H15F3N4O2S/c1-3-24-17(28)16-10(2)29-18-25-13(8-15(27)26(16)18)7-12-6-11(9-23)4-5-14(12)19(20,21)22/h4-6,8H,3,7H2,1-2H3,(H,24,28). The van der Waals surface area contributed by atoms with E-state index in [4.69, 9.17) is 5.26 Å². The number of amides is 1. The third-order valence-electron chi connectivity index (χ3n) is 4.21. The van der Waals surface area contributed by atoms with Crippen LogP contribution in [-0.2, 0) is 12.6 Å². The van der Waals surface area contributed by atoms with Gasteiger partial charge in [0.1, 0.15) is 5.69 Å². The molecule has 150 valence electrons. The molecule has 0 aliphatic carbocycles. The molecule has 0 atom stereocenters. The van der Waals surface area contributed by atoms with Crippen LogP contribution in [0.15, 0.2) is 29.1 Å². The third-order valence-corrected chi connectivity index (χ3v) is 5.16. The summed E-state index contributed by atoms with van der Waals surface area (Å²) >= 11 is 1.11. The van der Waals surface area contributed by atoms with Crippen LogP contribution in [0, 0.1) is 18.3 Å². The molecule has 0 aliphatic rings. The molecule has 1 N–H and O–H groups in total. The summed E-state index contributed by atoms with van der Waals surface area (Å²) in [6, 6.07) is 6.01. The molecule has 1 amide bonds. The fraction of sp³-hybridized carbons (Fsp3) is 0.263. The van der Waals surface area contributed by atoms with Gasteiger partial charge in [-0.3, -0.25) is 9.59 Å². The second kappa shape index (κ2) is 7.67. The molecule has 0 fully saturated rings. The van der Waals surface area contributed by atoms with Gasteiger partial charge in [-0.25, -0.2) is 9.38 Å². The summed E-state index contributed by atoms with van der Waals surface area (Å²) in [6.07, 6.45) is -4.88. The molecule has 0 spiro atoms. The molecule has 29 heavy (non-hydrogen) atoms. The number of alkyl halides is 3. The minimum atomic E-state index is -4.60. The van der Waals surface area contributed by atoms with Gasteiger partial charge in [-0.15, -0.1) is 11.3 Å². The highest BCUT2D eigenvalue weighted by atomic mass is 32.1. The van der Waals surface area contributed by atoms with Crippen LogP contribution in [-0.4, -0.2) is 21.8 Å². The van der Waals surface area contributed by atoms with Gasteiger partial charge in [0.25, 0.3) is 11.5 Å². The van der Waals surface area contributed by atoms with Gasteiger partial charge < -0.3 is 5.32 Å². The second-order valence-corrected chi connectivity index (χ2v) is 7.41. The van der Waals surface area contributed by atoms with E-state index in [2.05, 4.69) is 10.3 Å². The summed E-state index contributed by atoms with van der Waals surface area (Å²) in [6.45, 7) is 3.79. The van der Waals surface area contributed by atoms with Crippen LogP contribution in [0.1, 0.15) is 44.7 Å². The molecule has 3 aromatic rings. The number of aromatic nitrogens is 2. The minimum Gasteiger partial charge on any atom is -0.351 e. The van der Waals surface area contributed by atoms with Crippen LogP contribution in [0.4, 0.5) is 13.2 Å². The first kappa shape index (κ1) is 20.5.